The van der Waals surface area contributed by atoms with Gasteiger partial charge in [0.05, 0.1) is 39.7 Å². The van der Waals surface area contributed by atoms with Crippen LogP contribution in [0.15, 0.2) is 82.4 Å². The number of fused-ring (bicyclic) bond motifs is 5. The fourth-order valence-corrected chi connectivity index (χ4v) is 5.22. The minimum Gasteiger partial charge on any atom is -0.371 e. The van der Waals surface area contributed by atoms with Crippen LogP contribution in [0.4, 0.5) is 10.1 Å². The van der Waals surface area contributed by atoms with Crippen molar-refractivity contribution in [2.75, 3.05) is 5.32 Å². The molecular formula is C28H23FN4O2. The lowest BCUT2D eigenvalue weighted by Crippen LogP contribution is -2.37. The standard InChI is InChI=1S/C28H23FN4O2/c1-16-8-4-5-9-19(16)24-22-25(31(2)28(35)32(3)27(22)34)26-23(17-12-14-18(29)15-13-17)30-20-10-6-7-11-21(20)33(24)26/h4-15,23,30H,1-3H3/t23-/m0/s1. The van der Waals surface area contributed by atoms with Gasteiger partial charge in [0.15, 0.2) is 0 Å². The van der Waals surface area contributed by atoms with E-state index in [1.54, 1.807) is 19.2 Å². The van der Waals surface area contributed by atoms with Crippen LogP contribution in [-0.2, 0) is 14.1 Å². The largest absolute Gasteiger partial charge is 0.371 e. The van der Waals surface area contributed by atoms with Gasteiger partial charge in [-0.3, -0.25) is 13.9 Å². The number of para-hydroxylation sites is 2. The summed E-state index contributed by atoms with van der Waals surface area (Å²) in [5.74, 6) is -0.327. The normalized spacial score (nSPS) is 14.5. The third-order valence-electron chi connectivity index (χ3n) is 6.93. The lowest BCUT2D eigenvalue weighted by molar-refractivity contribution is 0.626. The number of halogens is 1. The van der Waals surface area contributed by atoms with Crippen molar-refractivity contribution in [3.63, 3.8) is 0 Å². The van der Waals surface area contributed by atoms with E-state index >= 15 is 0 Å². The zero-order chi connectivity index (χ0) is 24.4. The fourth-order valence-electron chi connectivity index (χ4n) is 5.22. The molecule has 3 aromatic carbocycles. The lowest BCUT2D eigenvalue weighted by Gasteiger charge is -2.31. The number of nitrogens with one attached hydrogen (secondary N) is 1. The van der Waals surface area contributed by atoms with Crippen molar-refractivity contribution < 1.29 is 4.39 Å². The third-order valence-corrected chi connectivity index (χ3v) is 6.93. The number of rotatable bonds is 2. The molecule has 0 spiro atoms. The molecule has 0 saturated carbocycles. The maximum atomic E-state index is 13.8. The van der Waals surface area contributed by atoms with Crippen LogP contribution in [0.5, 0.6) is 0 Å². The molecule has 6 nitrogen and oxygen atoms in total. The number of aromatic nitrogens is 3. The van der Waals surface area contributed by atoms with Crippen LogP contribution in [0.3, 0.4) is 0 Å². The third kappa shape index (κ3) is 2.94. The summed E-state index contributed by atoms with van der Waals surface area (Å²) in [6.45, 7) is 2.01. The summed E-state index contributed by atoms with van der Waals surface area (Å²) in [6, 6.07) is 21.7. The molecular weight excluding hydrogens is 443 g/mol. The molecule has 1 aliphatic rings. The van der Waals surface area contributed by atoms with Crippen LogP contribution in [0.2, 0.25) is 0 Å². The highest BCUT2D eigenvalue weighted by Crippen LogP contribution is 2.45. The summed E-state index contributed by atoms with van der Waals surface area (Å²) < 4.78 is 18.6. The van der Waals surface area contributed by atoms with E-state index in [4.69, 9.17) is 0 Å². The highest BCUT2D eigenvalue weighted by atomic mass is 19.1. The van der Waals surface area contributed by atoms with Crippen molar-refractivity contribution in [3.05, 3.63) is 116 Å². The number of anilines is 1. The predicted molar refractivity (Wildman–Crippen MR) is 136 cm³/mol. The van der Waals surface area contributed by atoms with Gasteiger partial charge in [0.2, 0.25) is 0 Å². The Morgan fingerprint density at radius 1 is 0.857 bits per heavy atom. The zero-order valence-corrected chi connectivity index (χ0v) is 19.5. The van der Waals surface area contributed by atoms with Crippen LogP contribution in [0.1, 0.15) is 22.9 Å². The summed E-state index contributed by atoms with van der Waals surface area (Å²) in [4.78, 5) is 26.8. The van der Waals surface area contributed by atoms with Crippen LogP contribution < -0.4 is 16.6 Å². The topological polar surface area (TPSA) is 61.0 Å². The molecule has 0 fully saturated rings. The molecule has 3 heterocycles. The van der Waals surface area contributed by atoms with E-state index in [2.05, 4.69) is 9.88 Å². The quantitative estimate of drug-likeness (QED) is 0.412. The molecule has 0 unspecified atom stereocenters. The van der Waals surface area contributed by atoms with E-state index in [0.29, 0.717) is 10.9 Å². The molecule has 1 aliphatic heterocycles. The molecule has 0 aliphatic carbocycles. The van der Waals surface area contributed by atoms with Gasteiger partial charge in [-0.25, -0.2) is 9.18 Å². The minimum absolute atomic E-state index is 0.327. The smallest absolute Gasteiger partial charge is 0.331 e. The van der Waals surface area contributed by atoms with Gasteiger partial charge in [0.1, 0.15) is 5.82 Å². The summed E-state index contributed by atoms with van der Waals surface area (Å²) in [5.41, 5.74) is 5.83. The molecule has 7 heteroatoms. The Morgan fingerprint density at radius 3 is 2.29 bits per heavy atom. The maximum Gasteiger partial charge on any atom is 0.331 e. The first-order chi connectivity index (χ1) is 16.9. The summed E-state index contributed by atoms with van der Waals surface area (Å²) in [5, 5.41) is 4.05. The second-order valence-corrected chi connectivity index (χ2v) is 8.96. The first kappa shape index (κ1) is 21.2. The van der Waals surface area contributed by atoms with Crippen LogP contribution >= 0.6 is 0 Å². The van der Waals surface area contributed by atoms with E-state index in [1.807, 2.05) is 55.5 Å². The van der Waals surface area contributed by atoms with E-state index in [9.17, 15) is 14.0 Å². The second kappa shape index (κ2) is 7.56. The number of aryl methyl sites for hydroxylation is 2. The highest BCUT2D eigenvalue weighted by Gasteiger charge is 2.34. The van der Waals surface area contributed by atoms with Crippen LogP contribution in [0.25, 0.3) is 27.8 Å². The maximum absolute atomic E-state index is 13.8. The first-order valence-corrected chi connectivity index (χ1v) is 11.4. The van der Waals surface area contributed by atoms with Gasteiger partial charge in [-0.15, -0.1) is 0 Å². The molecule has 0 bridgehead atoms. The van der Waals surface area contributed by atoms with Gasteiger partial charge >= 0.3 is 5.69 Å². The average Bonchev–Trinajstić information content (AvgIpc) is 3.23. The Morgan fingerprint density at radius 2 is 1.54 bits per heavy atom. The van der Waals surface area contributed by atoms with Gasteiger partial charge < -0.3 is 9.88 Å². The average molecular weight is 467 g/mol. The van der Waals surface area contributed by atoms with Crippen molar-refractivity contribution in [3.8, 4) is 16.9 Å². The molecule has 6 rings (SSSR count). The number of hydrogen-bond donors (Lipinski definition) is 1. The molecule has 0 amide bonds. The molecule has 2 aromatic heterocycles. The Balaban J connectivity index is 1.88. The SMILES string of the molecule is Cc1ccccc1-c1c2c(=O)n(C)c(=O)n(C)c2c2n1-c1ccccc1N[C@H]2c1ccc(F)cc1. The number of benzene rings is 3. The monoisotopic (exact) mass is 466 g/mol. The van der Waals surface area contributed by atoms with E-state index in [-0.39, 0.29) is 11.4 Å². The Kier molecular flexibility index (Phi) is 4.57. The first-order valence-electron chi connectivity index (χ1n) is 11.4. The van der Waals surface area contributed by atoms with Crippen LogP contribution in [-0.4, -0.2) is 13.7 Å². The van der Waals surface area contributed by atoms with E-state index in [0.717, 1.165) is 44.0 Å². The van der Waals surface area contributed by atoms with Gasteiger partial charge in [-0.2, -0.15) is 0 Å². The van der Waals surface area contributed by atoms with Crippen LogP contribution in [0, 0.1) is 12.7 Å². The molecule has 5 aromatic rings. The highest BCUT2D eigenvalue weighted by molar-refractivity contribution is 5.99. The number of nitrogens with zero attached hydrogens (tertiary/aromatic N) is 3. The molecule has 174 valence electrons. The Bertz CT molecular complexity index is 1760. The van der Waals surface area contributed by atoms with Crippen molar-refractivity contribution in [1.82, 2.24) is 13.7 Å². The molecule has 0 radical (unpaired) electrons. The predicted octanol–water partition coefficient (Wildman–Crippen LogP) is 4.66. The van der Waals surface area contributed by atoms with E-state index < -0.39 is 11.7 Å². The lowest BCUT2D eigenvalue weighted by atomic mass is 9.99. The molecule has 1 atom stereocenters. The van der Waals surface area contributed by atoms with Crippen molar-refractivity contribution >= 4 is 16.6 Å². The van der Waals surface area contributed by atoms with Crippen molar-refractivity contribution in [2.24, 2.45) is 14.1 Å². The van der Waals surface area contributed by atoms with Crippen molar-refractivity contribution in [2.45, 2.75) is 13.0 Å². The summed E-state index contributed by atoms with van der Waals surface area (Å²) in [7, 11) is 3.20. The van der Waals surface area contributed by atoms with Gasteiger partial charge in [-0.1, -0.05) is 48.5 Å². The Labute approximate surface area is 200 Å². The molecule has 35 heavy (non-hydrogen) atoms. The summed E-state index contributed by atoms with van der Waals surface area (Å²) >= 11 is 0. The Hall–Kier alpha value is -4.39. The van der Waals surface area contributed by atoms with E-state index in [1.165, 1.54) is 23.7 Å². The van der Waals surface area contributed by atoms with Gasteiger partial charge in [0.25, 0.3) is 5.56 Å². The molecule has 0 saturated heterocycles. The van der Waals surface area contributed by atoms with Gasteiger partial charge in [0, 0.05) is 19.7 Å². The molecule has 1 N–H and O–H groups in total. The zero-order valence-electron chi connectivity index (χ0n) is 19.5. The second-order valence-electron chi connectivity index (χ2n) is 8.96. The number of hydrogen-bond acceptors (Lipinski definition) is 3. The van der Waals surface area contributed by atoms with Crippen molar-refractivity contribution in [1.29, 1.82) is 0 Å². The fraction of sp³-hybridized carbons (Fsp3) is 0.143. The summed E-state index contributed by atoms with van der Waals surface area (Å²) in [6.07, 6.45) is 0. The minimum atomic E-state index is -0.413. The van der Waals surface area contributed by atoms with Gasteiger partial charge in [-0.05, 0) is 42.3 Å².